The molecule has 27 heavy (non-hydrogen) atoms. The maximum Gasteiger partial charge on any atom is 0.573 e. The van der Waals surface area contributed by atoms with Crippen LogP contribution in [0.5, 0.6) is 5.75 Å². The first-order valence-corrected chi connectivity index (χ1v) is 9.24. The highest BCUT2D eigenvalue weighted by Gasteiger charge is 2.31. The van der Waals surface area contributed by atoms with Crippen LogP contribution in [0.1, 0.15) is 24.2 Å². The minimum absolute atomic E-state index is 0.0152. The minimum Gasteiger partial charge on any atom is -0.406 e. The highest BCUT2D eigenvalue weighted by Crippen LogP contribution is 2.24. The lowest BCUT2D eigenvalue weighted by atomic mass is 10.2. The zero-order valence-electron chi connectivity index (χ0n) is 14.4. The number of nitrogens with one attached hydrogen (secondary N) is 2. The van der Waals surface area contributed by atoms with Gasteiger partial charge >= 0.3 is 6.36 Å². The Labute approximate surface area is 154 Å². The van der Waals surface area contributed by atoms with Gasteiger partial charge in [0, 0.05) is 17.3 Å². The van der Waals surface area contributed by atoms with E-state index in [1.54, 1.807) is 13.8 Å². The predicted molar refractivity (Wildman–Crippen MR) is 93.0 cm³/mol. The van der Waals surface area contributed by atoms with Crippen molar-refractivity contribution in [2.75, 3.05) is 5.32 Å². The summed E-state index contributed by atoms with van der Waals surface area (Å²) in [5.41, 5.74) is 0.446. The van der Waals surface area contributed by atoms with Crippen molar-refractivity contribution < 1.29 is 31.1 Å². The molecule has 0 spiro atoms. The number of alkyl halides is 3. The van der Waals surface area contributed by atoms with E-state index in [0.717, 1.165) is 12.1 Å². The van der Waals surface area contributed by atoms with E-state index in [1.165, 1.54) is 36.4 Å². The summed E-state index contributed by atoms with van der Waals surface area (Å²) in [6.07, 6.45) is -4.79. The molecule has 0 saturated carbocycles. The molecule has 1 amide bonds. The molecule has 146 valence electrons. The molecule has 0 radical (unpaired) electrons. The second-order valence-corrected chi connectivity index (χ2v) is 7.54. The van der Waals surface area contributed by atoms with Gasteiger partial charge in [-0.3, -0.25) is 4.79 Å². The van der Waals surface area contributed by atoms with Gasteiger partial charge in [-0.2, -0.15) is 0 Å². The summed E-state index contributed by atoms with van der Waals surface area (Å²) in [6, 6.07) is 9.63. The Morgan fingerprint density at radius 1 is 1.00 bits per heavy atom. The van der Waals surface area contributed by atoms with Gasteiger partial charge in [0.2, 0.25) is 10.0 Å². The molecule has 0 atom stereocenters. The summed E-state index contributed by atoms with van der Waals surface area (Å²) < 4.78 is 66.6. The van der Waals surface area contributed by atoms with E-state index < -0.39 is 28.0 Å². The molecule has 0 fully saturated rings. The van der Waals surface area contributed by atoms with Crippen molar-refractivity contribution in [3.05, 3.63) is 54.1 Å². The van der Waals surface area contributed by atoms with Crippen LogP contribution in [0.25, 0.3) is 0 Å². The molecular weight excluding hydrogens is 385 g/mol. The van der Waals surface area contributed by atoms with Crippen LogP contribution in [0.3, 0.4) is 0 Å². The Kier molecular flexibility index (Phi) is 6.11. The normalized spacial score (nSPS) is 12.1. The molecule has 0 saturated heterocycles. The Morgan fingerprint density at radius 2 is 1.56 bits per heavy atom. The number of carbonyl (C=O) groups is 1. The van der Waals surface area contributed by atoms with Crippen LogP contribution in [-0.2, 0) is 10.0 Å². The molecule has 6 nitrogen and oxygen atoms in total. The van der Waals surface area contributed by atoms with Crippen molar-refractivity contribution in [2.45, 2.75) is 31.1 Å². The van der Waals surface area contributed by atoms with Crippen molar-refractivity contribution in [3.63, 3.8) is 0 Å². The van der Waals surface area contributed by atoms with E-state index in [0.29, 0.717) is 0 Å². The van der Waals surface area contributed by atoms with Gasteiger partial charge in [0.25, 0.3) is 5.91 Å². The molecule has 10 heteroatoms. The van der Waals surface area contributed by atoms with Gasteiger partial charge in [0.1, 0.15) is 5.75 Å². The van der Waals surface area contributed by atoms with Crippen LogP contribution in [0.4, 0.5) is 18.9 Å². The van der Waals surface area contributed by atoms with Crippen molar-refractivity contribution in [1.82, 2.24) is 4.72 Å². The van der Waals surface area contributed by atoms with Gasteiger partial charge in [-0.25, -0.2) is 13.1 Å². The van der Waals surface area contributed by atoms with Gasteiger partial charge in [-0.05, 0) is 62.4 Å². The Hall–Kier alpha value is -2.59. The van der Waals surface area contributed by atoms with Crippen LogP contribution >= 0.6 is 0 Å². The Morgan fingerprint density at radius 3 is 2.04 bits per heavy atom. The van der Waals surface area contributed by atoms with Gasteiger partial charge in [-0.15, -0.1) is 13.2 Å². The van der Waals surface area contributed by atoms with E-state index in [9.17, 15) is 26.4 Å². The molecule has 0 aliphatic carbocycles. The number of hydrogen-bond donors (Lipinski definition) is 2. The SMILES string of the molecule is CC(C)NS(=O)(=O)c1ccc(C(=O)Nc2ccc(OC(F)(F)F)cc2)cc1. The number of hydrogen-bond acceptors (Lipinski definition) is 4. The third-order valence-electron chi connectivity index (χ3n) is 3.16. The van der Waals surface area contributed by atoms with E-state index in [4.69, 9.17) is 0 Å². The molecule has 0 unspecified atom stereocenters. The molecule has 0 aromatic heterocycles. The number of carbonyl (C=O) groups excluding carboxylic acids is 1. The third-order valence-corrected chi connectivity index (χ3v) is 4.84. The van der Waals surface area contributed by atoms with Crippen LogP contribution < -0.4 is 14.8 Å². The van der Waals surface area contributed by atoms with Crippen LogP contribution in [0, 0.1) is 0 Å². The summed E-state index contributed by atoms with van der Waals surface area (Å²) in [5, 5.41) is 2.50. The third kappa shape index (κ3) is 6.26. The smallest absolute Gasteiger partial charge is 0.406 e. The van der Waals surface area contributed by atoms with Crippen molar-refractivity contribution in [2.24, 2.45) is 0 Å². The topological polar surface area (TPSA) is 84.5 Å². The molecule has 2 aromatic carbocycles. The second-order valence-electron chi connectivity index (χ2n) is 5.83. The maximum absolute atomic E-state index is 12.2. The summed E-state index contributed by atoms with van der Waals surface area (Å²) >= 11 is 0. The van der Waals surface area contributed by atoms with Crippen LogP contribution in [0.2, 0.25) is 0 Å². The lowest BCUT2D eigenvalue weighted by Crippen LogP contribution is -2.30. The average Bonchev–Trinajstić information content (AvgIpc) is 2.54. The van der Waals surface area contributed by atoms with Crippen molar-refractivity contribution >= 4 is 21.6 Å². The predicted octanol–water partition coefficient (Wildman–Crippen LogP) is 3.52. The zero-order chi connectivity index (χ0) is 20.2. The minimum atomic E-state index is -4.79. The molecule has 0 heterocycles. The van der Waals surface area contributed by atoms with E-state index in [2.05, 4.69) is 14.8 Å². The zero-order valence-corrected chi connectivity index (χ0v) is 15.2. The van der Waals surface area contributed by atoms with Gasteiger partial charge < -0.3 is 10.1 Å². The first kappa shape index (κ1) is 20.7. The summed E-state index contributed by atoms with van der Waals surface area (Å²) in [7, 11) is -3.67. The molecule has 2 N–H and O–H groups in total. The van der Waals surface area contributed by atoms with Gasteiger partial charge in [-0.1, -0.05) is 0 Å². The summed E-state index contributed by atoms with van der Waals surface area (Å²) in [5.74, 6) is -0.951. The first-order valence-electron chi connectivity index (χ1n) is 7.76. The van der Waals surface area contributed by atoms with E-state index in [-0.39, 0.29) is 22.2 Å². The van der Waals surface area contributed by atoms with E-state index in [1.807, 2.05) is 0 Å². The van der Waals surface area contributed by atoms with E-state index >= 15 is 0 Å². The van der Waals surface area contributed by atoms with Crippen LogP contribution in [0.15, 0.2) is 53.4 Å². The molecule has 2 aromatic rings. The van der Waals surface area contributed by atoms with Crippen molar-refractivity contribution in [3.8, 4) is 5.75 Å². The molecular formula is C17H17F3N2O4S. The number of anilines is 1. The average molecular weight is 402 g/mol. The highest BCUT2D eigenvalue weighted by atomic mass is 32.2. The van der Waals surface area contributed by atoms with Gasteiger partial charge in [0.05, 0.1) is 4.90 Å². The Balaban J connectivity index is 2.06. The van der Waals surface area contributed by atoms with Crippen LogP contribution in [-0.4, -0.2) is 26.7 Å². The maximum atomic E-state index is 12.2. The quantitative estimate of drug-likeness (QED) is 0.774. The van der Waals surface area contributed by atoms with Gasteiger partial charge in [0.15, 0.2) is 0 Å². The standard InChI is InChI=1S/C17H17F3N2O4S/c1-11(2)22-27(24,25)15-9-3-12(4-10-15)16(23)21-13-5-7-14(8-6-13)26-17(18,19)20/h3-11,22H,1-2H3,(H,21,23). The first-order chi connectivity index (χ1) is 12.5. The highest BCUT2D eigenvalue weighted by molar-refractivity contribution is 7.89. The largest absolute Gasteiger partial charge is 0.573 e. The molecule has 0 bridgehead atoms. The number of benzene rings is 2. The fourth-order valence-corrected chi connectivity index (χ4v) is 3.36. The number of halogens is 3. The fourth-order valence-electron chi connectivity index (χ4n) is 2.11. The number of ether oxygens (including phenoxy) is 1. The molecule has 0 aliphatic rings. The number of amides is 1. The second kappa shape index (κ2) is 7.97. The van der Waals surface area contributed by atoms with Crippen molar-refractivity contribution in [1.29, 1.82) is 0 Å². The lowest BCUT2D eigenvalue weighted by Gasteiger charge is -2.11. The molecule has 2 rings (SSSR count). The lowest BCUT2D eigenvalue weighted by molar-refractivity contribution is -0.274. The summed E-state index contributed by atoms with van der Waals surface area (Å²) in [6.45, 7) is 3.37. The Bertz CT molecular complexity index is 893. The number of rotatable bonds is 6. The molecule has 0 aliphatic heterocycles. The summed E-state index contributed by atoms with van der Waals surface area (Å²) in [4.78, 5) is 12.2. The fraction of sp³-hybridized carbons (Fsp3) is 0.235. The monoisotopic (exact) mass is 402 g/mol. The number of sulfonamides is 1.